The highest BCUT2D eigenvalue weighted by molar-refractivity contribution is 6.31. The Morgan fingerprint density at radius 3 is 2.76 bits per heavy atom. The van der Waals surface area contributed by atoms with Gasteiger partial charge in [0.25, 0.3) is 0 Å². The predicted octanol–water partition coefficient (Wildman–Crippen LogP) is 2.39. The van der Waals surface area contributed by atoms with Crippen molar-refractivity contribution in [3.8, 4) is 5.75 Å². The second-order valence-corrected chi connectivity index (χ2v) is 7.18. The molecule has 1 atom stereocenters. The standard InChI is InChI=1S/C17H20ClN3O4/c1-19-3-2-17(20-4-6-24-7-5-20)13(11-19)8-12-9-14(18)10-15(21(22)23)16(12)25-17/h8-10H,2-7,11H2,1H3. The predicted molar refractivity (Wildman–Crippen MR) is 93.9 cm³/mol. The molecule has 1 aromatic carbocycles. The largest absolute Gasteiger partial charge is 0.461 e. The Labute approximate surface area is 150 Å². The summed E-state index contributed by atoms with van der Waals surface area (Å²) < 4.78 is 11.9. The maximum atomic E-state index is 11.5. The first-order valence-corrected chi connectivity index (χ1v) is 8.77. The van der Waals surface area contributed by atoms with Crippen LogP contribution in [0.2, 0.25) is 5.02 Å². The molecule has 8 heteroatoms. The highest BCUT2D eigenvalue weighted by Crippen LogP contribution is 2.47. The van der Waals surface area contributed by atoms with Crippen LogP contribution in [0.4, 0.5) is 5.69 Å². The smallest absolute Gasteiger partial charge is 0.313 e. The zero-order chi connectivity index (χ0) is 17.6. The van der Waals surface area contributed by atoms with Gasteiger partial charge in [0.15, 0.2) is 5.72 Å². The van der Waals surface area contributed by atoms with E-state index < -0.39 is 10.6 Å². The molecule has 0 aromatic heterocycles. The number of halogens is 1. The van der Waals surface area contributed by atoms with Crippen molar-refractivity contribution in [3.05, 3.63) is 38.4 Å². The lowest BCUT2D eigenvalue weighted by molar-refractivity contribution is -0.386. The number of hydrogen-bond acceptors (Lipinski definition) is 6. The lowest BCUT2D eigenvalue weighted by atomic mass is 9.87. The Morgan fingerprint density at radius 1 is 1.28 bits per heavy atom. The fourth-order valence-corrected chi connectivity index (χ4v) is 4.15. The summed E-state index contributed by atoms with van der Waals surface area (Å²) in [5, 5.41) is 11.9. The number of nitro groups is 1. The number of rotatable bonds is 2. The lowest BCUT2D eigenvalue weighted by Crippen LogP contribution is -2.63. The van der Waals surface area contributed by atoms with Crippen LogP contribution in [-0.2, 0) is 4.74 Å². The van der Waals surface area contributed by atoms with Crippen LogP contribution in [0.1, 0.15) is 12.0 Å². The van der Waals surface area contributed by atoms with Gasteiger partial charge in [-0.15, -0.1) is 0 Å². The highest BCUT2D eigenvalue weighted by Gasteiger charge is 2.49. The van der Waals surface area contributed by atoms with Gasteiger partial charge in [0, 0.05) is 54.8 Å². The minimum absolute atomic E-state index is 0.0793. The maximum absolute atomic E-state index is 11.5. The van der Waals surface area contributed by atoms with Crippen molar-refractivity contribution < 1.29 is 14.4 Å². The van der Waals surface area contributed by atoms with Crippen molar-refractivity contribution in [1.29, 1.82) is 0 Å². The number of likely N-dealkylation sites (N-methyl/N-ethyl adjacent to an activating group) is 1. The van der Waals surface area contributed by atoms with Crippen LogP contribution in [0.3, 0.4) is 0 Å². The first-order chi connectivity index (χ1) is 12.0. The summed E-state index contributed by atoms with van der Waals surface area (Å²) >= 11 is 6.09. The quantitative estimate of drug-likeness (QED) is 0.592. The number of fused-ring (bicyclic) bond motifs is 2. The molecule has 4 rings (SSSR count). The van der Waals surface area contributed by atoms with E-state index in [1.807, 2.05) is 6.08 Å². The molecule has 3 aliphatic heterocycles. The zero-order valence-corrected chi connectivity index (χ0v) is 14.8. The van der Waals surface area contributed by atoms with Gasteiger partial charge in [-0.3, -0.25) is 15.0 Å². The SMILES string of the molecule is CN1CCC2(N3CCOCC3)Oc3c(cc(Cl)cc3[N+](=O)[O-])C=C2C1. The molecule has 1 unspecified atom stereocenters. The Kier molecular flexibility index (Phi) is 4.19. The minimum Gasteiger partial charge on any atom is -0.461 e. The number of nitrogens with zero attached hydrogens (tertiary/aromatic N) is 3. The molecule has 25 heavy (non-hydrogen) atoms. The third kappa shape index (κ3) is 2.81. The topological polar surface area (TPSA) is 68.1 Å². The molecule has 3 aliphatic rings. The normalized spacial score (nSPS) is 27.0. The van der Waals surface area contributed by atoms with Gasteiger partial charge in [-0.25, -0.2) is 0 Å². The minimum atomic E-state index is -0.637. The number of ether oxygens (including phenoxy) is 2. The van der Waals surface area contributed by atoms with E-state index in [4.69, 9.17) is 21.1 Å². The average Bonchev–Trinajstić information content (AvgIpc) is 2.60. The van der Waals surface area contributed by atoms with Crippen LogP contribution < -0.4 is 4.74 Å². The third-order valence-corrected chi connectivity index (χ3v) is 5.37. The van der Waals surface area contributed by atoms with E-state index in [-0.39, 0.29) is 5.69 Å². The van der Waals surface area contributed by atoms with Crippen LogP contribution in [0, 0.1) is 10.1 Å². The molecule has 7 nitrogen and oxygen atoms in total. The number of hydrogen-bond donors (Lipinski definition) is 0. The summed E-state index contributed by atoms with van der Waals surface area (Å²) in [5.74, 6) is 0.314. The molecule has 2 saturated heterocycles. The van der Waals surface area contributed by atoms with Gasteiger partial charge >= 0.3 is 5.69 Å². The van der Waals surface area contributed by atoms with E-state index >= 15 is 0 Å². The third-order valence-electron chi connectivity index (χ3n) is 5.16. The number of nitro benzene ring substituents is 1. The van der Waals surface area contributed by atoms with Crippen molar-refractivity contribution in [2.75, 3.05) is 46.4 Å². The van der Waals surface area contributed by atoms with E-state index in [2.05, 4.69) is 16.8 Å². The first kappa shape index (κ1) is 16.8. The van der Waals surface area contributed by atoms with E-state index in [9.17, 15) is 10.1 Å². The molecular formula is C17H20ClN3O4. The Balaban J connectivity index is 1.85. The van der Waals surface area contributed by atoms with Gasteiger partial charge in [-0.05, 0) is 19.2 Å². The number of benzene rings is 1. The van der Waals surface area contributed by atoms with Crippen molar-refractivity contribution in [2.45, 2.75) is 12.1 Å². The van der Waals surface area contributed by atoms with Gasteiger partial charge < -0.3 is 14.4 Å². The highest BCUT2D eigenvalue weighted by atomic mass is 35.5. The molecule has 0 aliphatic carbocycles. The van der Waals surface area contributed by atoms with Crippen molar-refractivity contribution in [1.82, 2.24) is 9.80 Å². The molecule has 0 bridgehead atoms. The molecule has 0 spiro atoms. The van der Waals surface area contributed by atoms with Crippen molar-refractivity contribution >= 4 is 23.4 Å². The Morgan fingerprint density at radius 2 is 2.04 bits per heavy atom. The van der Waals surface area contributed by atoms with Crippen LogP contribution in [0.25, 0.3) is 6.08 Å². The molecule has 2 fully saturated rings. The summed E-state index contributed by atoms with van der Waals surface area (Å²) in [5.41, 5.74) is 1.08. The van der Waals surface area contributed by atoms with Crippen LogP contribution >= 0.6 is 11.6 Å². The van der Waals surface area contributed by atoms with Crippen LogP contribution in [0.5, 0.6) is 5.75 Å². The maximum Gasteiger partial charge on any atom is 0.313 e. The molecule has 0 amide bonds. The number of piperidine rings is 1. The second-order valence-electron chi connectivity index (χ2n) is 6.74. The van der Waals surface area contributed by atoms with Gasteiger partial charge in [0.2, 0.25) is 5.75 Å². The average molecular weight is 366 g/mol. The summed E-state index contributed by atoms with van der Waals surface area (Å²) in [7, 11) is 2.07. The first-order valence-electron chi connectivity index (χ1n) is 8.39. The van der Waals surface area contributed by atoms with E-state index in [0.717, 1.165) is 38.2 Å². The van der Waals surface area contributed by atoms with Crippen molar-refractivity contribution in [3.63, 3.8) is 0 Å². The molecule has 1 aromatic rings. The van der Waals surface area contributed by atoms with Gasteiger partial charge in [0.1, 0.15) is 0 Å². The number of morpholine rings is 1. The van der Waals surface area contributed by atoms with E-state index in [0.29, 0.717) is 29.5 Å². The van der Waals surface area contributed by atoms with Crippen LogP contribution in [0.15, 0.2) is 17.7 Å². The van der Waals surface area contributed by atoms with Crippen LogP contribution in [-0.4, -0.2) is 66.9 Å². The Bertz CT molecular complexity index is 748. The van der Waals surface area contributed by atoms with Gasteiger partial charge in [0.05, 0.1) is 18.1 Å². The molecule has 134 valence electrons. The van der Waals surface area contributed by atoms with E-state index in [1.54, 1.807) is 6.07 Å². The summed E-state index contributed by atoms with van der Waals surface area (Å²) in [4.78, 5) is 15.6. The van der Waals surface area contributed by atoms with Gasteiger partial charge in [-0.1, -0.05) is 11.6 Å². The molecule has 0 radical (unpaired) electrons. The van der Waals surface area contributed by atoms with Crippen molar-refractivity contribution in [2.24, 2.45) is 0 Å². The summed E-state index contributed by atoms with van der Waals surface area (Å²) in [6.07, 6.45) is 2.78. The van der Waals surface area contributed by atoms with E-state index in [1.165, 1.54) is 6.07 Å². The lowest BCUT2D eigenvalue weighted by Gasteiger charge is -2.51. The van der Waals surface area contributed by atoms with Gasteiger partial charge in [-0.2, -0.15) is 0 Å². The molecule has 0 saturated carbocycles. The number of likely N-dealkylation sites (tertiary alicyclic amines) is 1. The zero-order valence-electron chi connectivity index (χ0n) is 14.0. The fourth-order valence-electron chi connectivity index (χ4n) is 3.93. The fraction of sp³-hybridized carbons (Fsp3) is 0.529. The summed E-state index contributed by atoms with van der Waals surface area (Å²) in [6.45, 7) is 4.41. The molecule has 3 heterocycles. The molecule has 0 N–H and O–H groups in total. The second kappa shape index (κ2) is 6.25. The monoisotopic (exact) mass is 365 g/mol. The summed E-state index contributed by atoms with van der Waals surface area (Å²) in [6, 6.07) is 3.09. The Hall–Kier alpha value is -1.67. The molecular weight excluding hydrogens is 346 g/mol.